The van der Waals surface area contributed by atoms with Crippen molar-refractivity contribution in [3.05, 3.63) is 40.7 Å². The number of nitrogens with two attached hydrogens (primary N) is 1. The van der Waals surface area contributed by atoms with E-state index in [4.69, 9.17) is 5.73 Å². The summed E-state index contributed by atoms with van der Waals surface area (Å²) in [6.07, 6.45) is -0.883. The fraction of sp³-hybridized carbons (Fsp3) is 0.182. The van der Waals surface area contributed by atoms with E-state index in [1.165, 1.54) is 11.5 Å². The number of aromatic nitrogens is 1. The number of fused-ring (bicyclic) bond motifs is 1. The number of hydrogen-bond donors (Lipinski definition) is 2. The summed E-state index contributed by atoms with van der Waals surface area (Å²) in [7, 11) is 0. The van der Waals surface area contributed by atoms with E-state index in [-0.39, 0.29) is 11.2 Å². The van der Waals surface area contributed by atoms with E-state index >= 15 is 0 Å². The van der Waals surface area contributed by atoms with E-state index in [0.29, 0.717) is 5.52 Å². The lowest BCUT2D eigenvalue weighted by molar-refractivity contribution is 0.126. The Morgan fingerprint density at radius 1 is 1.40 bits per heavy atom. The zero-order valence-electron chi connectivity index (χ0n) is 8.34. The topological polar surface area (TPSA) is 68.2 Å². The third-order valence-electron chi connectivity index (χ3n) is 2.35. The second-order valence-corrected chi connectivity index (χ2v) is 3.47. The van der Waals surface area contributed by atoms with Gasteiger partial charge >= 0.3 is 0 Å². The number of aliphatic hydroxyl groups excluding tert-OH is 1. The standard InChI is InChI=1S/C11H12N2O2/c1-7(14)13-10-5-3-2-4-8(10)6-9(12)11(13)15/h2-7,14H,12H2,1H3. The van der Waals surface area contributed by atoms with E-state index in [9.17, 15) is 9.90 Å². The van der Waals surface area contributed by atoms with E-state index < -0.39 is 6.23 Å². The summed E-state index contributed by atoms with van der Waals surface area (Å²) in [6, 6.07) is 8.93. The van der Waals surface area contributed by atoms with Crippen LogP contribution in [-0.4, -0.2) is 9.67 Å². The molecular formula is C11H12N2O2. The molecule has 0 saturated heterocycles. The van der Waals surface area contributed by atoms with Crippen LogP contribution in [0, 0.1) is 0 Å². The highest BCUT2D eigenvalue weighted by Crippen LogP contribution is 2.16. The van der Waals surface area contributed by atoms with Gasteiger partial charge < -0.3 is 10.8 Å². The SMILES string of the molecule is CC(O)n1c(=O)c(N)cc2ccccc21. The van der Waals surface area contributed by atoms with Gasteiger partial charge in [-0.3, -0.25) is 9.36 Å². The van der Waals surface area contributed by atoms with Gasteiger partial charge in [-0.05, 0) is 19.1 Å². The lowest BCUT2D eigenvalue weighted by atomic mass is 10.2. The molecule has 4 heteroatoms. The van der Waals surface area contributed by atoms with E-state index in [1.807, 2.05) is 18.2 Å². The Balaban J connectivity index is 2.96. The molecule has 1 aromatic heterocycles. The largest absolute Gasteiger partial charge is 0.394 e. The molecule has 0 amide bonds. The van der Waals surface area contributed by atoms with Gasteiger partial charge in [-0.2, -0.15) is 0 Å². The fourth-order valence-corrected chi connectivity index (χ4v) is 1.68. The van der Waals surface area contributed by atoms with Gasteiger partial charge in [0.25, 0.3) is 5.56 Å². The third-order valence-corrected chi connectivity index (χ3v) is 2.35. The highest BCUT2D eigenvalue weighted by Gasteiger charge is 2.09. The first-order chi connectivity index (χ1) is 7.11. The van der Waals surface area contributed by atoms with Crippen molar-refractivity contribution >= 4 is 16.6 Å². The van der Waals surface area contributed by atoms with Crippen LogP contribution in [0.15, 0.2) is 35.1 Å². The normalized spacial score (nSPS) is 12.9. The number of nitrogens with zero attached hydrogens (tertiary/aromatic N) is 1. The van der Waals surface area contributed by atoms with Crippen molar-refractivity contribution in [1.82, 2.24) is 4.57 Å². The molecule has 15 heavy (non-hydrogen) atoms. The van der Waals surface area contributed by atoms with Crippen LogP contribution in [0.1, 0.15) is 13.2 Å². The Labute approximate surface area is 86.6 Å². The number of nitrogen functional groups attached to an aromatic ring is 1. The monoisotopic (exact) mass is 204 g/mol. The molecule has 2 rings (SSSR count). The van der Waals surface area contributed by atoms with Crippen LogP contribution in [0.5, 0.6) is 0 Å². The maximum Gasteiger partial charge on any atom is 0.276 e. The van der Waals surface area contributed by atoms with E-state index in [0.717, 1.165) is 5.39 Å². The maximum atomic E-state index is 11.7. The number of para-hydroxylation sites is 1. The number of hydrogen-bond acceptors (Lipinski definition) is 3. The predicted octanol–water partition coefficient (Wildman–Crippen LogP) is 1.09. The molecule has 0 spiro atoms. The van der Waals surface area contributed by atoms with Crippen LogP contribution in [0.3, 0.4) is 0 Å². The Morgan fingerprint density at radius 2 is 2.07 bits per heavy atom. The first kappa shape index (κ1) is 9.73. The zero-order chi connectivity index (χ0) is 11.0. The van der Waals surface area contributed by atoms with Gasteiger partial charge in [0.1, 0.15) is 6.23 Å². The Hall–Kier alpha value is -1.81. The quantitative estimate of drug-likeness (QED) is 0.730. The van der Waals surface area contributed by atoms with E-state index in [2.05, 4.69) is 0 Å². The number of aliphatic hydroxyl groups is 1. The molecule has 0 aliphatic rings. The smallest absolute Gasteiger partial charge is 0.276 e. The lowest BCUT2D eigenvalue weighted by Crippen LogP contribution is -2.25. The van der Waals surface area contributed by atoms with E-state index in [1.54, 1.807) is 12.1 Å². The minimum Gasteiger partial charge on any atom is -0.394 e. The van der Waals surface area contributed by atoms with Crippen LogP contribution < -0.4 is 11.3 Å². The molecule has 0 bridgehead atoms. The van der Waals surface area contributed by atoms with Gasteiger partial charge in [0.15, 0.2) is 0 Å². The molecule has 0 fully saturated rings. The Morgan fingerprint density at radius 3 is 2.73 bits per heavy atom. The molecule has 1 unspecified atom stereocenters. The number of anilines is 1. The second kappa shape index (κ2) is 3.40. The summed E-state index contributed by atoms with van der Waals surface area (Å²) in [5.41, 5.74) is 6.06. The highest BCUT2D eigenvalue weighted by atomic mass is 16.3. The third kappa shape index (κ3) is 1.49. The maximum absolute atomic E-state index is 11.7. The summed E-state index contributed by atoms with van der Waals surface area (Å²) in [5, 5.41) is 10.4. The van der Waals surface area contributed by atoms with Crippen LogP contribution in [0.4, 0.5) is 5.69 Å². The van der Waals surface area contributed by atoms with Crippen LogP contribution in [0.25, 0.3) is 10.9 Å². The first-order valence-corrected chi connectivity index (χ1v) is 4.69. The fourth-order valence-electron chi connectivity index (χ4n) is 1.68. The Kier molecular flexibility index (Phi) is 2.21. The average molecular weight is 204 g/mol. The minimum absolute atomic E-state index is 0.148. The van der Waals surface area contributed by atoms with Crippen molar-refractivity contribution in [2.75, 3.05) is 5.73 Å². The summed E-state index contributed by atoms with van der Waals surface area (Å²) in [5.74, 6) is 0. The number of rotatable bonds is 1. The van der Waals surface area contributed by atoms with Gasteiger partial charge in [0.05, 0.1) is 11.2 Å². The first-order valence-electron chi connectivity index (χ1n) is 4.69. The van der Waals surface area contributed by atoms with Crippen molar-refractivity contribution in [3.8, 4) is 0 Å². The van der Waals surface area contributed by atoms with Gasteiger partial charge in [0, 0.05) is 5.39 Å². The summed E-state index contributed by atoms with van der Waals surface area (Å²) >= 11 is 0. The molecule has 0 aliphatic heterocycles. The molecule has 1 heterocycles. The second-order valence-electron chi connectivity index (χ2n) is 3.47. The lowest BCUT2D eigenvalue weighted by Gasteiger charge is -2.13. The van der Waals surface area contributed by atoms with Crippen molar-refractivity contribution < 1.29 is 5.11 Å². The molecule has 4 nitrogen and oxygen atoms in total. The number of pyridine rings is 1. The van der Waals surface area contributed by atoms with Gasteiger partial charge in [-0.1, -0.05) is 18.2 Å². The predicted molar refractivity (Wildman–Crippen MR) is 59.6 cm³/mol. The van der Waals surface area contributed by atoms with Crippen LogP contribution in [-0.2, 0) is 0 Å². The molecular weight excluding hydrogens is 192 g/mol. The molecule has 0 saturated carbocycles. The summed E-state index contributed by atoms with van der Waals surface area (Å²) in [6.45, 7) is 1.54. The minimum atomic E-state index is -0.883. The Bertz CT molecular complexity index is 558. The summed E-state index contributed by atoms with van der Waals surface area (Å²) in [4.78, 5) is 11.7. The van der Waals surface area contributed by atoms with Crippen LogP contribution in [0.2, 0.25) is 0 Å². The molecule has 2 aromatic rings. The van der Waals surface area contributed by atoms with Crippen molar-refractivity contribution in [1.29, 1.82) is 0 Å². The molecule has 0 aliphatic carbocycles. The van der Waals surface area contributed by atoms with Gasteiger partial charge in [0.2, 0.25) is 0 Å². The number of benzene rings is 1. The zero-order valence-corrected chi connectivity index (χ0v) is 8.34. The van der Waals surface area contributed by atoms with Gasteiger partial charge in [-0.25, -0.2) is 0 Å². The van der Waals surface area contributed by atoms with Crippen molar-refractivity contribution in [2.24, 2.45) is 0 Å². The molecule has 1 atom stereocenters. The molecule has 78 valence electrons. The van der Waals surface area contributed by atoms with Crippen LogP contribution >= 0.6 is 0 Å². The highest BCUT2D eigenvalue weighted by molar-refractivity contribution is 5.81. The molecule has 1 aromatic carbocycles. The van der Waals surface area contributed by atoms with Gasteiger partial charge in [-0.15, -0.1) is 0 Å². The van der Waals surface area contributed by atoms with Crippen molar-refractivity contribution in [3.63, 3.8) is 0 Å². The summed E-state index contributed by atoms with van der Waals surface area (Å²) < 4.78 is 1.28. The molecule has 0 radical (unpaired) electrons. The molecule has 3 N–H and O–H groups in total. The average Bonchev–Trinajstić information content (AvgIpc) is 2.19. The van der Waals surface area contributed by atoms with Crippen molar-refractivity contribution in [2.45, 2.75) is 13.2 Å².